The third-order valence-corrected chi connectivity index (χ3v) is 2.77. The largest absolute Gasteiger partial charge is 0.330 e. The first-order valence-electron chi connectivity index (χ1n) is 5.61. The predicted octanol–water partition coefficient (Wildman–Crippen LogP) is 1.34. The molecule has 0 aliphatic heterocycles. The van der Waals surface area contributed by atoms with Crippen LogP contribution in [0.3, 0.4) is 0 Å². The van der Waals surface area contributed by atoms with Crippen LogP contribution in [0, 0.1) is 12.3 Å². The number of nitrogens with two attached hydrogens (primary N) is 1. The molecule has 2 N–H and O–H groups in total. The molecule has 17 heavy (non-hydrogen) atoms. The third kappa shape index (κ3) is 2.86. The molecule has 0 fully saturated rings. The Morgan fingerprint density at radius 2 is 2.06 bits per heavy atom. The van der Waals surface area contributed by atoms with Crippen LogP contribution < -0.4 is 5.73 Å². The van der Waals surface area contributed by atoms with E-state index in [2.05, 4.69) is 5.92 Å². The lowest BCUT2D eigenvalue weighted by Gasteiger charge is -2.30. The van der Waals surface area contributed by atoms with Gasteiger partial charge >= 0.3 is 0 Å². The molecule has 0 spiro atoms. The van der Waals surface area contributed by atoms with Crippen molar-refractivity contribution < 1.29 is 4.79 Å². The lowest BCUT2D eigenvalue weighted by Crippen LogP contribution is -2.51. The Balaban J connectivity index is 2.98. The smallest absolute Gasteiger partial charge is 0.247 e. The Morgan fingerprint density at radius 3 is 2.53 bits per heavy atom. The van der Waals surface area contributed by atoms with Gasteiger partial charge in [0.1, 0.15) is 5.54 Å². The summed E-state index contributed by atoms with van der Waals surface area (Å²) in [5, 5.41) is 0. The van der Waals surface area contributed by atoms with Gasteiger partial charge < -0.3 is 10.6 Å². The Hall–Kier alpha value is -1.79. The minimum atomic E-state index is -1.03. The lowest BCUT2D eigenvalue weighted by atomic mass is 9.91. The second-order valence-corrected chi connectivity index (χ2v) is 4.09. The number of carbonyl (C=O) groups excluding carboxylic acids is 1. The quantitative estimate of drug-likeness (QED) is 0.793. The van der Waals surface area contributed by atoms with Gasteiger partial charge in [-0.05, 0) is 19.4 Å². The Kier molecular flexibility index (Phi) is 4.30. The van der Waals surface area contributed by atoms with E-state index in [9.17, 15) is 4.79 Å². The van der Waals surface area contributed by atoms with Crippen molar-refractivity contribution in [2.24, 2.45) is 5.73 Å². The monoisotopic (exact) mass is 230 g/mol. The SMILES string of the molecule is C#CCN(CC)C(=O)C(C)(N)c1ccccc1. The lowest BCUT2D eigenvalue weighted by molar-refractivity contribution is -0.135. The highest BCUT2D eigenvalue weighted by atomic mass is 16.2. The summed E-state index contributed by atoms with van der Waals surface area (Å²) >= 11 is 0. The van der Waals surface area contributed by atoms with Gasteiger partial charge in [0.25, 0.3) is 0 Å². The number of nitrogens with zero attached hydrogens (tertiary/aromatic N) is 1. The number of hydrogen-bond donors (Lipinski definition) is 1. The van der Waals surface area contributed by atoms with Crippen LogP contribution >= 0.6 is 0 Å². The molecule has 1 atom stereocenters. The molecule has 1 aromatic rings. The maximum atomic E-state index is 12.3. The van der Waals surface area contributed by atoms with Gasteiger partial charge in [-0.3, -0.25) is 4.79 Å². The molecule has 90 valence electrons. The molecular weight excluding hydrogens is 212 g/mol. The standard InChI is InChI=1S/C14H18N2O/c1-4-11-16(5-2)13(17)14(3,15)12-9-7-6-8-10-12/h1,6-10H,5,11,15H2,2-3H3. The average Bonchev–Trinajstić information content (AvgIpc) is 2.36. The van der Waals surface area contributed by atoms with Gasteiger partial charge in [-0.15, -0.1) is 6.42 Å². The highest BCUT2D eigenvalue weighted by Gasteiger charge is 2.33. The van der Waals surface area contributed by atoms with Crippen LogP contribution in [0.25, 0.3) is 0 Å². The van der Waals surface area contributed by atoms with Crippen LogP contribution in [-0.4, -0.2) is 23.9 Å². The molecule has 3 heteroatoms. The molecule has 0 heterocycles. The summed E-state index contributed by atoms with van der Waals surface area (Å²) in [4.78, 5) is 13.9. The second kappa shape index (κ2) is 5.51. The van der Waals surface area contributed by atoms with E-state index < -0.39 is 5.54 Å². The van der Waals surface area contributed by atoms with Crippen LogP contribution in [0.1, 0.15) is 19.4 Å². The number of carbonyl (C=O) groups is 1. The van der Waals surface area contributed by atoms with E-state index in [-0.39, 0.29) is 12.5 Å². The minimum absolute atomic E-state index is 0.149. The molecule has 0 saturated carbocycles. The summed E-state index contributed by atoms with van der Waals surface area (Å²) in [5.41, 5.74) is 5.89. The van der Waals surface area contributed by atoms with Crippen LogP contribution in [0.2, 0.25) is 0 Å². The number of benzene rings is 1. The molecule has 1 rings (SSSR count). The summed E-state index contributed by atoms with van der Waals surface area (Å²) in [7, 11) is 0. The predicted molar refractivity (Wildman–Crippen MR) is 69.1 cm³/mol. The van der Waals surface area contributed by atoms with E-state index in [1.54, 1.807) is 11.8 Å². The van der Waals surface area contributed by atoms with E-state index in [1.165, 1.54) is 0 Å². The maximum Gasteiger partial charge on any atom is 0.247 e. The summed E-state index contributed by atoms with van der Waals surface area (Å²) in [6.07, 6.45) is 5.24. The second-order valence-electron chi connectivity index (χ2n) is 4.09. The zero-order valence-electron chi connectivity index (χ0n) is 10.3. The molecule has 1 amide bonds. The molecule has 0 radical (unpaired) electrons. The van der Waals surface area contributed by atoms with Crippen molar-refractivity contribution >= 4 is 5.91 Å². The highest BCUT2D eigenvalue weighted by molar-refractivity contribution is 5.87. The van der Waals surface area contributed by atoms with Crippen molar-refractivity contribution in [3.05, 3.63) is 35.9 Å². The fraction of sp³-hybridized carbons (Fsp3) is 0.357. The molecule has 3 nitrogen and oxygen atoms in total. The third-order valence-electron chi connectivity index (χ3n) is 2.77. The van der Waals surface area contributed by atoms with Crippen molar-refractivity contribution in [3.8, 4) is 12.3 Å². The van der Waals surface area contributed by atoms with Crippen molar-refractivity contribution in [3.63, 3.8) is 0 Å². The summed E-state index contributed by atoms with van der Waals surface area (Å²) in [6, 6.07) is 9.32. The van der Waals surface area contributed by atoms with Crippen molar-refractivity contribution in [2.45, 2.75) is 19.4 Å². The van der Waals surface area contributed by atoms with Gasteiger partial charge in [-0.25, -0.2) is 0 Å². The average molecular weight is 230 g/mol. The summed E-state index contributed by atoms with van der Waals surface area (Å²) in [5.74, 6) is 2.32. The van der Waals surface area contributed by atoms with E-state index >= 15 is 0 Å². The number of hydrogen-bond acceptors (Lipinski definition) is 2. The van der Waals surface area contributed by atoms with Crippen molar-refractivity contribution in [1.82, 2.24) is 4.90 Å². The number of terminal acetylenes is 1. The van der Waals surface area contributed by atoms with Crippen molar-refractivity contribution in [1.29, 1.82) is 0 Å². The fourth-order valence-corrected chi connectivity index (χ4v) is 1.67. The summed E-state index contributed by atoms with van der Waals surface area (Å²) < 4.78 is 0. The normalized spacial score (nSPS) is 13.5. The molecule has 0 aromatic heterocycles. The van der Waals surface area contributed by atoms with Crippen LogP contribution in [0.4, 0.5) is 0 Å². The summed E-state index contributed by atoms with van der Waals surface area (Å²) in [6.45, 7) is 4.44. The number of amides is 1. The molecule has 0 saturated heterocycles. The first kappa shape index (κ1) is 13.3. The minimum Gasteiger partial charge on any atom is -0.330 e. The molecule has 1 unspecified atom stereocenters. The van der Waals surface area contributed by atoms with Gasteiger partial charge in [-0.1, -0.05) is 36.3 Å². The van der Waals surface area contributed by atoms with E-state index in [0.717, 1.165) is 5.56 Å². The molecule has 0 bridgehead atoms. The fourth-order valence-electron chi connectivity index (χ4n) is 1.67. The zero-order valence-corrected chi connectivity index (χ0v) is 10.3. The van der Waals surface area contributed by atoms with Crippen LogP contribution in [0.15, 0.2) is 30.3 Å². The van der Waals surface area contributed by atoms with Crippen LogP contribution in [0.5, 0.6) is 0 Å². The van der Waals surface area contributed by atoms with Gasteiger partial charge in [0, 0.05) is 6.54 Å². The van der Waals surface area contributed by atoms with Crippen molar-refractivity contribution in [2.75, 3.05) is 13.1 Å². The maximum absolute atomic E-state index is 12.3. The van der Waals surface area contributed by atoms with Crippen LogP contribution in [-0.2, 0) is 10.3 Å². The van der Waals surface area contributed by atoms with E-state index in [0.29, 0.717) is 6.54 Å². The molecular formula is C14H18N2O. The number of rotatable bonds is 4. The number of likely N-dealkylation sites (N-methyl/N-ethyl adjacent to an activating group) is 1. The van der Waals surface area contributed by atoms with Gasteiger partial charge in [-0.2, -0.15) is 0 Å². The van der Waals surface area contributed by atoms with Gasteiger partial charge in [0.05, 0.1) is 6.54 Å². The Morgan fingerprint density at radius 1 is 1.47 bits per heavy atom. The molecule has 0 aliphatic rings. The van der Waals surface area contributed by atoms with E-state index in [1.807, 2.05) is 37.3 Å². The Labute approximate surface area is 103 Å². The molecule has 1 aromatic carbocycles. The molecule has 0 aliphatic carbocycles. The highest BCUT2D eigenvalue weighted by Crippen LogP contribution is 2.20. The van der Waals surface area contributed by atoms with E-state index in [4.69, 9.17) is 12.2 Å². The Bertz CT molecular complexity index is 418. The first-order chi connectivity index (χ1) is 8.04. The van der Waals surface area contributed by atoms with Gasteiger partial charge in [0.15, 0.2) is 0 Å². The zero-order chi connectivity index (χ0) is 12.9. The first-order valence-corrected chi connectivity index (χ1v) is 5.61. The van der Waals surface area contributed by atoms with Gasteiger partial charge in [0.2, 0.25) is 5.91 Å². The topological polar surface area (TPSA) is 46.3 Å².